The van der Waals surface area contributed by atoms with Crippen LogP contribution in [0.15, 0.2) is 72.6 Å². The number of likely N-dealkylation sites (tertiary alicyclic amines) is 1. The molecule has 8 heteroatoms. The van der Waals surface area contributed by atoms with Crippen LogP contribution >= 0.6 is 0 Å². The number of rotatable bonds is 8. The lowest BCUT2D eigenvalue weighted by molar-refractivity contribution is -0.140. The van der Waals surface area contributed by atoms with Gasteiger partial charge in [-0.05, 0) is 59.9 Å². The average Bonchev–Trinajstić information content (AvgIpc) is 3.18. The Bertz CT molecular complexity index is 1370. The fraction of sp³-hybridized carbons (Fsp3) is 0.300. The van der Waals surface area contributed by atoms with Gasteiger partial charge in [-0.25, -0.2) is 0 Å². The van der Waals surface area contributed by atoms with Crippen LogP contribution in [0.5, 0.6) is 17.2 Å². The quantitative estimate of drug-likeness (QED) is 0.259. The molecule has 0 aliphatic carbocycles. The van der Waals surface area contributed by atoms with Crippen molar-refractivity contribution >= 4 is 17.4 Å². The van der Waals surface area contributed by atoms with Crippen molar-refractivity contribution in [1.82, 2.24) is 9.88 Å². The number of pyridine rings is 1. The maximum Gasteiger partial charge on any atom is 0.295 e. The van der Waals surface area contributed by atoms with E-state index in [4.69, 9.17) is 14.2 Å². The van der Waals surface area contributed by atoms with Crippen molar-refractivity contribution in [3.05, 3.63) is 89.3 Å². The van der Waals surface area contributed by atoms with Crippen LogP contribution in [-0.2, 0) is 16.1 Å². The molecule has 2 aliphatic rings. The first-order valence-corrected chi connectivity index (χ1v) is 12.7. The number of aromatic nitrogens is 1. The van der Waals surface area contributed by atoms with Crippen molar-refractivity contribution in [3.8, 4) is 17.2 Å². The summed E-state index contributed by atoms with van der Waals surface area (Å²) in [6.07, 6.45) is 4.20. The van der Waals surface area contributed by atoms with Gasteiger partial charge in [0.15, 0.2) is 11.5 Å². The lowest BCUT2D eigenvalue weighted by atomic mass is 9.95. The van der Waals surface area contributed by atoms with Gasteiger partial charge >= 0.3 is 0 Å². The SMILES string of the molecule is CC(C)CCOc1cccc([C@@H]2C(=C(O)c3ccc4c(c3)OCCO4)C(=O)C(=O)N2Cc2cccnc2)c1. The number of nitrogens with zero attached hydrogens (tertiary/aromatic N) is 2. The zero-order chi connectivity index (χ0) is 26.6. The number of fused-ring (bicyclic) bond motifs is 1. The van der Waals surface area contributed by atoms with Crippen LogP contribution in [0.2, 0.25) is 0 Å². The molecular formula is C30H30N2O6. The van der Waals surface area contributed by atoms with Crippen LogP contribution in [0.3, 0.4) is 0 Å². The fourth-order valence-electron chi connectivity index (χ4n) is 4.61. The van der Waals surface area contributed by atoms with Crippen molar-refractivity contribution in [3.63, 3.8) is 0 Å². The van der Waals surface area contributed by atoms with E-state index in [1.165, 1.54) is 4.90 Å². The number of carbonyl (C=O) groups is 2. The number of amides is 1. The molecule has 0 spiro atoms. The van der Waals surface area contributed by atoms with Crippen LogP contribution in [0.1, 0.15) is 43.0 Å². The molecule has 1 amide bonds. The van der Waals surface area contributed by atoms with Crippen LogP contribution in [-0.4, -0.2) is 46.5 Å². The number of benzene rings is 2. The Balaban J connectivity index is 1.57. The molecule has 1 aromatic heterocycles. The number of ketones is 1. The van der Waals surface area contributed by atoms with Crippen molar-refractivity contribution in [1.29, 1.82) is 0 Å². The zero-order valence-corrected chi connectivity index (χ0v) is 21.4. The second-order valence-electron chi connectivity index (χ2n) is 9.75. The lowest BCUT2D eigenvalue weighted by Gasteiger charge is -2.26. The summed E-state index contributed by atoms with van der Waals surface area (Å²) in [4.78, 5) is 32.4. The second kappa shape index (κ2) is 11.0. The monoisotopic (exact) mass is 514 g/mol. The van der Waals surface area contributed by atoms with E-state index >= 15 is 0 Å². The minimum Gasteiger partial charge on any atom is -0.507 e. The van der Waals surface area contributed by atoms with Crippen LogP contribution in [0, 0.1) is 5.92 Å². The molecule has 196 valence electrons. The van der Waals surface area contributed by atoms with Gasteiger partial charge < -0.3 is 24.2 Å². The average molecular weight is 515 g/mol. The van der Waals surface area contributed by atoms with Crippen molar-refractivity contribution < 1.29 is 28.9 Å². The number of carbonyl (C=O) groups excluding carboxylic acids is 2. The van der Waals surface area contributed by atoms with E-state index in [1.807, 2.05) is 30.3 Å². The molecule has 3 aromatic rings. The van der Waals surface area contributed by atoms with E-state index < -0.39 is 17.7 Å². The first-order valence-electron chi connectivity index (χ1n) is 12.7. The first-order chi connectivity index (χ1) is 18.4. The highest BCUT2D eigenvalue weighted by Gasteiger charge is 2.46. The number of aliphatic hydroxyl groups is 1. The minimum atomic E-state index is -0.822. The Morgan fingerprint density at radius 1 is 1.08 bits per heavy atom. The molecule has 1 atom stereocenters. The topological polar surface area (TPSA) is 98.2 Å². The van der Waals surface area contributed by atoms with Gasteiger partial charge in [0.25, 0.3) is 11.7 Å². The molecule has 3 heterocycles. The Morgan fingerprint density at radius 3 is 2.66 bits per heavy atom. The summed E-state index contributed by atoms with van der Waals surface area (Å²) in [7, 11) is 0. The summed E-state index contributed by atoms with van der Waals surface area (Å²) < 4.78 is 17.2. The lowest BCUT2D eigenvalue weighted by Crippen LogP contribution is -2.29. The Hall–Kier alpha value is -4.33. The van der Waals surface area contributed by atoms with Crippen LogP contribution in [0.4, 0.5) is 0 Å². The van der Waals surface area contributed by atoms with Crippen LogP contribution < -0.4 is 14.2 Å². The number of hydrogen-bond acceptors (Lipinski definition) is 7. The zero-order valence-electron chi connectivity index (χ0n) is 21.4. The predicted molar refractivity (Wildman–Crippen MR) is 141 cm³/mol. The highest BCUT2D eigenvalue weighted by molar-refractivity contribution is 6.46. The van der Waals surface area contributed by atoms with E-state index in [-0.39, 0.29) is 17.9 Å². The van der Waals surface area contributed by atoms with E-state index in [0.717, 1.165) is 12.0 Å². The predicted octanol–water partition coefficient (Wildman–Crippen LogP) is 4.90. The third-order valence-corrected chi connectivity index (χ3v) is 6.57. The molecule has 1 N–H and O–H groups in total. The van der Waals surface area contributed by atoms with Gasteiger partial charge in [-0.1, -0.05) is 32.0 Å². The summed E-state index contributed by atoms with van der Waals surface area (Å²) in [6, 6.07) is 15.1. The molecule has 0 radical (unpaired) electrons. The molecule has 8 nitrogen and oxygen atoms in total. The van der Waals surface area contributed by atoms with Gasteiger partial charge in [0.05, 0.1) is 18.2 Å². The maximum absolute atomic E-state index is 13.4. The van der Waals surface area contributed by atoms with E-state index in [0.29, 0.717) is 54.1 Å². The fourth-order valence-corrected chi connectivity index (χ4v) is 4.61. The number of ether oxygens (including phenoxy) is 3. The third-order valence-electron chi connectivity index (χ3n) is 6.57. The number of hydrogen-bond donors (Lipinski definition) is 1. The highest BCUT2D eigenvalue weighted by Crippen LogP contribution is 2.42. The van der Waals surface area contributed by atoms with Crippen molar-refractivity contribution in [2.75, 3.05) is 19.8 Å². The van der Waals surface area contributed by atoms with E-state index in [1.54, 1.807) is 36.7 Å². The minimum absolute atomic E-state index is 0.00917. The maximum atomic E-state index is 13.4. The van der Waals surface area contributed by atoms with Gasteiger partial charge in [-0.15, -0.1) is 0 Å². The van der Waals surface area contributed by atoms with Crippen molar-refractivity contribution in [2.45, 2.75) is 32.9 Å². The molecular weight excluding hydrogens is 484 g/mol. The summed E-state index contributed by atoms with van der Waals surface area (Å²) in [6.45, 7) is 5.78. The highest BCUT2D eigenvalue weighted by atomic mass is 16.6. The number of Topliss-reactive ketones (excluding diaryl/α,β-unsaturated/α-hetero) is 1. The molecule has 5 rings (SSSR count). The molecule has 1 saturated heterocycles. The van der Waals surface area contributed by atoms with Crippen LogP contribution in [0.25, 0.3) is 5.76 Å². The normalized spacial score (nSPS) is 18.2. The van der Waals surface area contributed by atoms with Crippen molar-refractivity contribution in [2.24, 2.45) is 5.92 Å². The summed E-state index contributed by atoms with van der Waals surface area (Å²) in [5.41, 5.74) is 1.80. The summed E-state index contributed by atoms with van der Waals surface area (Å²) in [5, 5.41) is 11.4. The summed E-state index contributed by atoms with van der Waals surface area (Å²) >= 11 is 0. The van der Waals surface area contributed by atoms with Gasteiger partial charge in [0, 0.05) is 24.5 Å². The Morgan fingerprint density at radius 2 is 1.89 bits per heavy atom. The molecule has 0 unspecified atom stereocenters. The van der Waals surface area contributed by atoms with Gasteiger partial charge in [0.1, 0.15) is 24.7 Å². The first kappa shape index (κ1) is 25.3. The number of aliphatic hydroxyl groups excluding tert-OH is 1. The van der Waals surface area contributed by atoms with E-state index in [2.05, 4.69) is 18.8 Å². The molecule has 2 aromatic carbocycles. The molecule has 1 fully saturated rings. The Labute approximate surface area is 221 Å². The van der Waals surface area contributed by atoms with Gasteiger partial charge in [-0.2, -0.15) is 0 Å². The molecule has 2 aliphatic heterocycles. The third kappa shape index (κ3) is 5.20. The smallest absolute Gasteiger partial charge is 0.295 e. The summed E-state index contributed by atoms with van der Waals surface area (Å²) in [5.74, 6) is 0.450. The Kier molecular flexibility index (Phi) is 7.31. The molecule has 0 bridgehead atoms. The van der Waals surface area contributed by atoms with Gasteiger partial charge in [-0.3, -0.25) is 14.6 Å². The standard InChI is InChI=1S/C30H30N2O6/c1-19(2)10-12-36-23-7-3-6-21(15-23)27-26(28(33)22-8-9-24-25(16-22)38-14-13-37-24)29(34)30(35)32(27)18-20-5-4-11-31-17-20/h3-9,11,15-17,19,27,33H,10,12-14,18H2,1-2H3/t27-/m1/s1. The molecule has 0 saturated carbocycles. The second-order valence-corrected chi connectivity index (χ2v) is 9.75. The largest absolute Gasteiger partial charge is 0.507 e. The molecule has 38 heavy (non-hydrogen) atoms. The van der Waals surface area contributed by atoms with E-state index in [9.17, 15) is 14.7 Å². The van der Waals surface area contributed by atoms with Gasteiger partial charge in [0.2, 0.25) is 0 Å².